The van der Waals surface area contributed by atoms with Crippen molar-refractivity contribution in [2.45, 2.75) is 104 Å². The summed E-state index contributed by atoms with van der Waals surface area (Å²) in [5, 5.41) is 2.21. The van der Waals surface area contributed by atoms with Gasteiger partial charge in [-0.3, -0.25) is 14.5 Å². The van der Waals surface area contributed by atoms with Crippen molar-refractivity contribution in [2.24, 2.45) is 11.8 Å². The van der Waals surface area contributed by atoms with Crippen LogP contribution in [0.4, 0.5) is 0 Å². The van der Waals surface area contributed by atoms with Gasteiger partial charge in [-0.25, -0.2) is 0 Å². The van der Waals surface area contributed by atoms with E-state index in [1.807, 2.05) is 26.8 Å². The van der Waals surface area contributed by atoms with Crippen molar-refractivity contribution in [3.8, 4) is 0 Å². The molecule has 0 amide bonds. The number of hydrogen-bond donors (Lipinski definition) is 0. The second kappa shape index (κ2) is 9.44. The first kappa shape index (κ1) is 25.2. The van der Waals surface area contributed by atoms with Gasteiger partial charge in [0.05, 0.1) is 12.5 Å². The standard InChI is InChI=1S/C27H44N2O3/c1-20-23(24(30)32-25(2,3)4)22(18-28(20)17-21-13-10-9-11-14-21)19-31-29-26(5,6)15-12-16-27(29,7)8/h9-11,13-14,20,22-23H,12,15-19H2,1-8H3/t20-,22-,23-/m0/s1. The Labute approximate surface area is 195 Å². The van der Waals surface area contributed by atoms with E-state index < -0.39 is 5.60 Å². The number of hydroxylamine groups is 2. The van der Waals surface area contributed by atoms with Crippen molar-refractivity contribution in [3.05, 3.63) is 35.9 Å². The van der Waals surface area contributed by atoms with Gasteiger partial charge in [0.2, 0.25) is 0 Å². The van der Waals surface area contributed by atoms with Gasteiger partial charge >= 0.3 is 5.97 Å². The van der Waals surface area contributed by atoms with Crippen LogP contribution in [0.1, 0.15) is 80.2 Å². The highest BCUT2D eigenvalue weighted by Crippen LogP contribution is 2.40. The van der Waals surface area contributed by atoms with E-state index in [1.54, 1.807) is 0 Å². The van der Waals surface area contributed by atoms with Crippen LogP contribution in [0.3, 0.4) is 0 Å². The maximum Gasteiger partial charge on any atom is 0.311 e. The predicted octanol–water partition coefficient (Wildman–Crippen LogP) is 5.44. The Bertz CT molecular complexity index is 753. The van der Waals surface area contributed by atoms with Gasteiger partial charge in [-0.15, -0.1) is 0 Å². The summed E-state index contributed by atoms with van der Waals surface area (Å²) in [5.41, 5.74) is 0.738. The number of carbonyl (C=O) groups is 1. The van der Waals surface area contributed by atoms with Crippen molar-refractivity contribution >= 4 is 5.97 Å². The minimum Gasteiger partial charge on any atom is -0.460 e. The van der Waals surface area contributed by atoms with Crippen LogP contribution < -0.4 is 0 Å². The molecule has 1 aromatic carbocycles. The number of benzene rings is 1. The van der Waals surface area contributed by atoms with Crippen molar-refractivity contribution in [1.82, 2.24) is 9.96 Å². The molecule has 0 spiro atoms. The number of likely N-dealkylation sites (tertiary alicyclic amines) is 1. The van der Waals surface area contributed by atoms with Gasteiger partial charge in [-0.05, 0) is 80.2 Å². The third-order valence-electron chi connectivity index (χ3n) is 7.07. The number of piperidine rings is 1. The molecule has 3 rings (SSSR count). The van der Waals surface area contributed by atoms with Gasteiger partial charge in [-0.1, -0.05) is 30.3 Å². The van der Waals surface area contributed by atoms with Crippen molar-refractivity contribution in [2.75, 3.05) is 13.2 Å². The minimum absolute atomic E-state index is 0.0168. The summed E-state index contributed by atoms with van der Waals surface area (Å²) in [6.45, 7) is 19.2. The second-order valence-corrected chi connectivity index (χ2v) is 12.0. The maximum atomic E-state index is 13.3. The summed E-state index contributed by atoms with van der Waals surface area (Å²) in [6, 6.07) is 10.6. The quantitative estimate of drug-likeness (QED) is 0.547. The Morgan fingerprint density at radius 2 is 1.66 bits per heavy atom. The Balaban J connectivity index is 1.77. The third kappa shape index (κ3) is 5.92. The molecule has 2 fully saturated rings. The molecule has 1 aromatic rings. The first-order chi connectivity index (χ1) is 14.8. The van der Waals surface area contributed by atoms with Crippen LogP contribution in [0.2, 0.25) is 0 Å². The van der Waals surface area contributed by atoms with Crippen LogP contribution in [0, 0.1) is 11.8 Å². The number of carbonyl (C=O) groups excluding carboxylic acids is 1. The number of nitrogens with zero attached hydrogens (tertiary/aromatic N) is 2. The van der Waals surface area contributed by atoms with E-state index in [2.05, 4.69) is 68.8 Å². The van der Waals surface area contributed by atoms with Crippen LogP contribution in [0.15, 0.2) is 30.3 Å². The zero-order chi connectivity index (χ0) is 23.7. The molecule has 180 valence electrons. The molecule has 0 radical (unpaired) electrons. The lowest BCUT2D eigenvalue weighted by molar-refractivity contribution is -0.287. The lowest BCUT2D eigenvalue weighted by Gasteiger charge is -2.51. The topological polar surface area (TPSA) is 42.0 Å². The third-order valence-corrected chi connectivity index (χ3v) is 7.07. The predicted molar refractivity (Wildman–Crippen MR) is 129 cm³/mol. The van der Waals surface area contributed by atoms with Crippen molar-refractivity contribution in [1.29, 1.82) is 0 Å². The highest BCUT2D eigenvalue weighted by Gasteiger charge is 2.47. The zero-order valence-electron chi connectivity index (χ0n) is 21.5. The maximum absolute atomic E-state index is 13.3. The SMILES string of the molecule is C[C@H]1[C@H](C(=O)OC(C)(C)C)[C@H](CON2C(C)(C)CCCC2(C)C)CN1Cc1ccccc1. The highest BCUT2D eigenvalue weighted by atomic mass is 16.7. The molecular formula is C27H44N2O3. The molecule has 0 aliphatic carbocycles. The van der Waals surface area contributed by atoms with E-state index in [-0.39, 0.29) is 34.9 Å². The summed E-state index contributed by atoms with van der Waals surface area (Å²) in [6.07, 6.45) is 3.45. The number of esters is 1. The zero-order valence-corrected chi connectivity index (χ0v) is 21.5. The van der Waals surface area contributed by atoms with Gasteiger partial charge in [0.15, 0.2) is 0 Å². The summed E-state index contributed by atoms with van der Waals surface area (Å²) in [7, 11) is 0. The molecule has 2 aliphatic rings. The van der Waals surface area contributed by atoms with E-state index in [1.165, 1.54) is 12.0 Å². The van der Waals surface area contributed by atoms with Crippen molar-refractivity contribution in [3.63, 3.8) is 0 Å². The summed E-state index contributed by atoms with van der Waals surface area (Å²) in [4.78, 5) is 22.2. The van der Waals surface area contributed by atoms with E-state index in [0.717, 1.165) is 25.9 Å². The van der Waals surface area contributed by atoms with Gasteiger partial charge in [0.1, 0.15) is 5.60 Å². The molecule has 5 heteroatoms. The van der Waals surface area contributed by atoms with E-state index in [4.69, 9.17) is 9.57 Å². The number of ether oxygens (including phenoxy) is 1. The average molecular weight is 445 g/mol. The number of rotatable bonds is 6. The monoisotopic (exact) mass is 444 g/mol. The molecule has 0 N–H and O–H groups in total. The summed E-state index contributed by atoms with van der Waals surface area (Å²) in [5.74, 6) is -0.211. The van der Waals surface area contributed by atoms with E-state index in [0.29, 0.717) is 6.61 Å². The molecule has 0 unspecified atom stereocenters. The average Bonchev–Trinajstić information content (AvgIpc) is 2.95. The van der Waals surface area contributed by atoms with Crippen LogP contribution in [0.25, 0.3) is 0 Å². The van der Waals surface area contributed by atoms with Gasteiger partial charge < -0.3 is 4.74 Å². The number of hydrogen-bond acceptors (Lipinski definition) is 5. The highest BCUT2D eigenvalue weighted by molar-refractivity contribution is 5.74. The Kier molecular flexibility index (Phi) is 7.43. The van der Waals surface area contributed by atoms with Gasteiger partial charge in [0.25, 0.3) is 0 Å². The van der Waals surface area contributed by atoms with Crippen LogP contribution in [-0.4, -0.2) is 51.8 Å². The molecule has 2 saturated heterocycles. The Hall–Kier alpha value is -1.43. The fourth-order valence-electron chi connectivity index (χ4n) is 5.64. The molecule has 2 heterocycles. The Morgan fingerprint density at radius 3 is 2.22 bits per heavy atom. The molecular weight excluding hydrogens is 400 g/mol. The smallest absolute Gasteiger partial charge is 0.311 e. The van der Waals surface area contributed by atoms with E-state index >= 15 is 0 Å². The lowest BCUT2D eigenvalue weighted by atomic mass is 9.82. The van der Waals surface area contributed by atoms with Crippen molar-refractivity contribution < 1.29 is 14.4 Å². The fraction of sp³-hybridized carbons (Fsp3) is 0.741. The van der Waals surface area contributed by atoms with E-state index in [9.17, 15) is 4.79 Å². The van der Waals surface area contributed by atoms with Gasteiger partial charge in [-0.2, -0.15) is 5.06 Å². The summed E-state index contributed by atoms with van der Waals surface area (Å²) >= 11 is 0. The molecule has 2 aliphatic heterocycles. The normalized spacial score (nSPS) is 28.6. The molecule has 5 nitrogen and oxygen atoms in total. The van der Waals surface area contributed by atoms with Crippen LogP contribution >= 0.6 is 0 Å². The largest absolute Gasteiger partial charge is 0.460 e. The Morgan fingerprint density at radius 1 is 1.06 bits per heavy atom. The second-order valence-electron chi connectivity index (χ2n) is 12.0. The molecule has 32 heavy (non-hydrogen) atoms. The van der Waals surface area contributed by atoms with Crippen LogP contribution in [-0.2, 0) is 20.9 Å². The molecule has 0 bridgehead atoms. The summed E-state index contributed by atoms with van der Waals surface area (Å²) < 4.78 is 5.86. The van der Waals surface area contributed by atoms with Gasteiger partial charge in [0, 0.05) is 36.1 Å². The minimum atomic E-state index is -0.494. The fourth-order valence-corrected chi connectivity index (χ4v) is 5.64. The first-order valence-electron chi connectivity index (χ1n) is 12.2. The lowest BCUT2D eigenvalue weighted by Crippen LogP contribution is -2.58. The van der Waals surface area contributed by atoms with Crippen LogP contribution in [0.5, 0.6) is 0 Å². The molecule has 0 aromatic heterocycles. The molecule has 3 atom stereocenters. The first-order valence-corrected chi connectivity index (χ1v) is 12.2. The molecule has 0 saturated carbocycles.